The number of aromatic nitrogens is 4. The van der Waals surface area contributed by atoms with Crippen molar-refractivity contribution in [2.45, 2.75) is 32.4 Å². The summed E-state index contributed by atoms with van der Waals surface area (Å²) in [5, 5.41) is 4.30. The second kappa shape index (κ2) is 6.54. The van der Waals surface area contributed by atoms with Crippen LogP contribution in [-0.2, 0) is 43.0 Å². The molecule has 7 nitrogen and oxygen atoms in total. The number of rotatable bonds is 5. The predicted octanol–water partition coefficient (Wildman–Crippen LogP) is 0.686. The highest BCUT2D eigenvalue weighted by atomic mass is 16.5. The number of ether oxygens (including phenoxy) is 1. The molecule has 1 amide bonds. The van der Waals surface area contributed by atoms with Crippen molar-refractivity contribution in [2.24, 2.45) is 14.1 Å². The number of fused-ring (bicyclic) bond motifs is 1. The molecule has 124 valence electrons. The van der Waals surface area contributed by atoms with Gasteiger partial charge in [-0.3, -0.25) is 9.48 Å². The Hall–Kier alpha value is -2.15. The van der Waals surface area contributed by atoms with Crippen LogP contribution in [-0.4, -0.2) is 49.4 Å². The Morgan fingerprint density at radius 2 is 2.26 bits per heavy atom. The molecule has 0 unspecified atom stereocenters. The van der Waals surface area contributed by atoms with Gasteiger partial charge in [0.2, 0.25) is 5.91 Å². The van der Waals surface area contributed by atoms with Crippen molar-refractivity contribution in [2.75, 3.05) is 13.2 Å². The predicted molar refractivity (Wildman–Crippen MR) is 84.7 cm³/mol. The molecule has 2 aromatic rings. The van der Waals surface area contributed by atoms with Crippen molar-refractivity contribution in [3.05, 3.63) is 35.7 Å². The van der Waals surface area contributed by atoms with Gasteiger partial charge in [0.1, 0.15) is 0 Å². The van der Waals surface area contributed by atoms with Crippen LogP contribution < -0.4 is 0 Å². The lowest BCUT2D eigenvalue weighted by molar-refractivity contribution is -0.135. The number of hydrogen-bond donors (Lipinski definition) is 0. The first-order valence-corrected chi connectivity index (χ1v) is 7.93. The minimum absolute atomic E-state index is 0.0501. The zero-order valence-corrected chi connectivity index (χ0v) is 13.9. The number of nitrogens with zero attached hydrogens (tertiary/aromatic N) is 5. The molecule has 3 rings (SSSR count). The average molecular weight is 317 g/mol. The van der Waals surface area contributed by atoms with Gasteiger partial charge in [-0.15, -0.1) is 0 Å². The molecule has 0 saturated carbocycles. The molecule has 3 heterocycles. The van der Waals surface area contributed by atoms with Crippen LogP contribution in [0, 0.1) is 0 Å². The molecule has 1 atom stereocenters. The van der Waals surface area contributed by atoms with Gasteiger partial charge in [-0.05, 0) is 13.0 Å². The number of carbonyl (C=O) groups excluding carboxylic acids is 1. The number of carbonyl (C=O) groups is 1. The van der Waals surface area contributed by atoms with E-state index in [0.29, 0.717) is 26.2 Å². The normalized spacial score (nSPS) is 17.3. The van der Waals surface area contributed by atoms with Gasteiger partial charge in [0, 0.05) is 39.0 Å². The third kappa shape index (κ3) is 3.29. The molecular weight excluding hydrogens is 294 g/mol. The van der Waals surface area contributed by atoms with E-state index in [9.17, 15) is 4.79 Å². The van der Waals surface area contributed by atoms with E-state index in [0.717, 1.165) is 17.8 Å². The van der Waals surface area contributed by atoms with Gasteiger partial charge < -0.3 is 14.2 Å². The van der Waals surface area contributed by atoms with Gasteiger partial charge in [0.25, 0.3) is 0 Å². The Kier molecular flexibility index (Phi) is 4.47. The summed E-state index contributed by atoms with van der Waals surface area (Å²) in [7, 11) is 3.85. The lowest BCUT2D eigenvalue weighted by atomic mass is 10.0. The van der Waals surface area contributed by atoms with Crippen molar-refractivity contribution in [1.82, 2.24) is 24.2 Å². The first kappa shape index (κ1) is 15.7. The Morgan fingerprint density at radius 3 is 2.96 bits per heavy atom. The van der Waals surface area contributed by atoms with E-state index in [1.807, 2.05) is 49.1 Å². The zero-order valence-electron chi connectivity index (χ0n) is 13.9. The van der Waals surface area contributed by atoms with Gasteiger partial charge in [-0.1, -0.05) is 0 Å². The molecule has 7 heteroatoms. The van der Waals surface area contributed by atoms with E-state index in [2.05, 4.69) is 10.1 Å². The van der Waals surface area contributed by atoms with E-state index in [-0.39, 0.29) is 11.9 Å². The summed E-state index contributed by atoms with van der Waals surface area (Å²) in [5.41, 5.74) is 2.96. The molecule has 0 bridgehead atoms. The van der Waals surface area contributed by atoms with Crippen LogP contribution in [0.5, 0.6) is 0 Å². The second-order valence-electron chi connectivity index (χ2n) is 5.95. The fourth-order valence-corrected chi connectivity index (χ4v) is 3.03. The summed E-state index contributed by atoms with van der Waals surface area (Å²) in [6.45, 7) is 3.71. The van der Waals surface area contributed by atoms with Crippen molar-refractivity contribution in [3.63, 3.8) is 0 Å². The van der Waals surface area contributed by atoms with Crippen LogP contribution in [0.15, 0.2) is 18.6 Å². The first-order chi connectivity index (χ1) is 11.1. The molecule has 0 radical (unpaired) electrons. The van der Waals surface area contributed by atoms with Crippen molar-refractivity contribution >= 4 is 5.91 Å². The highest BCUT2D eigenvalue weighted by molar-refractivity contribution is 5.79. The molecule has 23 heavy (non-hydrogen) atoms. The lowest BCUT2D eigenvalue weighted by Gasteiger charge is -2.35. The molecule has 0 saturated heterocycles. The molecule has 0 fully saturated rings. The van der Waals surface area contributed by atoms with Gasteiger partial charge in [0.15, 0.2) is 0 Å². The molecule has 1 aliphatic heterocycles. The molecule has 0 N–H and O–H groups in total. The summed E-state index contributed by atoms with van der Waals surface area (Å²) >= 11 is 0. The quantitative estimate of drug-likeness (QED) is 0.814. The topological polar surface area (TPSA) is 65.2 Å². The third-order valence-corrected chi connectivity index (χ3v) is 4.27. The molecule has 1 aliphatic rings. The number of imidazole rings is 1. The standard InChI is InChI=1S/C16H23N5O2/c1-4-23-10-13-8-15-14(17-11-19(15)2)9-21(13)16(22)7-12-5-6-20(3)18-12/h5-6,11,13H,4,7-10H2,1-3H3/t13-/m0/s1. The number of hydrogen-bond acceptors (Lipinski definition) is 4. The van der Waals surface area contributed by atoms with Gasteiger partial charge >= 0.3 is 0 Å². The summed E-state index contributed by atoms with van der Waals surface area (Å²) in [4.78, 5) is 19.1. The van der Waals surface area contributed by atoms with Crippen molar-refractivity contribution in [1.29, 1.82) is 0 Å². The average Bonchev–Trinajstić information content (AvgIpc) is 3.10. The molecule has 0 aliphatic carbocycles. The fourth-order valence-electron chi connectivity index (χ4n) is 3.03. The van der Waals surface area contributed by atoms with E-state index in [1.54, 1.807) is 4.68 Å². The van der Waals surface area contributed by atoms with Crippen LogP contribution in [0.3, 0.4) is 0 Å². The van der Waals surface area contributed by atoms with Crippen molar-refractivity contribution in [3.8, 4) is 0 Å². The number of amides is 1. The summed E-state index contributed by atoms with van der Waals surface area (Å²) in [6, 6.07) is 1.93. The van der Waals surface area contributed by atoms with E-state index in [4.69, 9.17) is 4.74 Å². The maximum atomic E-state index is 12.8. The summed E-state index contributed by atoms with van der Waals surface area (Å²) in [5.74, 6) is 0.0738. The lowest BCUT2D eigenvalue weighted by Crippen LogP contribution is -2.47. The Balaban J connectivity index is 1.78. The zero-order chi connectivity index (χ0) is 16.4. The highest BCUT2D eigenvalue weighted by Gasteiger charge is 2.32. The van der Waals surface area contributed by atoms with Crippen LogP contribution >= 0.6 is 0 Å². The Morgan fingerprint density at radius 1 is 1.43 bits per heavy atom. The SMILES string of the molecule is CCOC[C@@H]1Cc2c(ncn2C)CN1C(=O)Cc1ccn(C)n1. The summed E-state index contributed by atoms with van der Waals surface area (Å²) < 4.78 is 9.35. The molecule has 2 aromatic heterocycles. The Labute approximate surface area is 135 Å². The molecular formula is C16H23N5O2. The maximum Gasteiger partial charge on any atom is 0.229 e. The fraction of sp³-hybridized carbons (Fsp3) is 0.562. The van der Waals surface area contributed by atoms with Gasteiger partial charge in [-0.2, -0.15) is 5.10 Å². The second-order valence-corrected chi connectivity index (χ2v) is 5.95. The largest absolute Gasteiger partial charge is 0.380 e. The van der Waals surface area contributed by atoms with Crippen LogP contribution in [0.1, 0.15) is 24.0 Å². The van der Waals surface area contributed by atoms with E-state index in [1.165, 1.54) is 5.69 Å². The van der Waals surface area contributed by atoms with Crippen LogP contribution in [0.4, 0.5) is 0 Å². The third-order valence-electron chi connectivity index (χ3n) is 4.27. The maximum absolute atomic E-state index is 12.8. The van der Waals surface area contributed by atoms with Crippen LogP contribution in [0.25, 0.3) is 0 Å². The van der Waals surface area contributed by atoms with E-state index >= 15 is 0 Å². The monoisotopic (exact) mass is 317 g/mol. The van der Waals surface area contributed by atoms with Crippen molar-refractivity contribution < 1.29 is 9.53 Å². The highest BCUT2D eigenvalue weighted by Crippen LogP contribution is 2.23. The Bertz CT molecular complexity index is 690. The first-order valence-electron chi connectivity index (χ1n) is 7.93. The molecule has 0 spiro atoms. The minimum Gasteiger partial charge on any atom is -0.380 e. The van der Waals surface area contributed by atoms with Gasteiger partial charge in [-0.25, -0.2) is 4.98 Å². The minimum atomic E-state index is 0.0501. The van der Waals surface area contributed by atoms with Gasteiger partial charge in [0.05, 0.1) is 43.3 Å². The van der Waals surface area contributed by atoms with E-state index < -0.39 is 0 Å². The number of aryl methyl sites for hydroxylation is 2. The summed E-state index contributed by atoms with van der Waals surface area (Å²) in [6.07, 6.45) is 4.76. The van der Waals surface area contributed by atoms with Crippen LogP contribution in [0.2, 0.25) is 0 Å². The molecule has 0 aromatic carbocycles. The smallest absolute Gasteiger partial charge is 0.229 e.